The molecule has 0 aromatic heterocycles. The van der Waals surface area contributed by atoms with Crippen molar-refractivity contribution in [3.63, 3.8) is 0 Å². The maximum Gasteiger partial charge on any atom is 0.329 e. The zero-order valence-corrected chi connectivity index (χ0v) is 15.6. The van der Waals surface area contributed by atoms with Gasteiger partial charge in [-0.1, -0.05) is 42.5 Å². The van der Waals surface area contributed by atoms with Gasteiger partial charge in [0, 0.05) is 19.0 Å². The van der Waals surface area contributed by atoms with Gasteiger partial charge in [0.15, 0.2) is 0 Å². The number of aliphatic hydroxyl groups excluding tert-OH is 1. The highest BCUT2D eigenvalue weighted by Gasteiger charge is 2.27. The van der Waals surface area contributed by atoms with Crippen LogP contribution in [-0.2, 0) is 20.7 Å². The van der Waals surface area contributed by atoms with Crippen LogP contribution in [0.5, 0.6) is 0 Å². The van der Waals surface area contributed by atoms with Crippen LogP contribution in [0.1, 0.15) is 37.7 Å². The minimum Gasteiger partial charge on any atom is -0.480 e. The standard InChI is InChI=1S/C21H29NO5/c23-19(15-17-7-2-1-3-8-17)12-11-18-9-6-10-20(24)22(18)13-4-5-14-27-16-21(25)26/h1-5,7-8,18-19,23H,6,9-16H2,(H,25,26)/b5-4-/t18?,19-/m1/s1. The van der Waals surface area contributed by atoms with Gasteiger partial charge in [-0.25, -0.2) is 4.79 Å². The summed E-state index contributed by atoms with van der Waals surface area (Å²) in [5.41, 5.74) is 1.12. The van der Waals surface area contributed by atoms with E-state index in [4.69, 9.17) is 9.84 Å². The van der Waals surface area contributed by atoms with Crippen molar-refractivity contribution < 1.29 is 24.5 Å². The van der Waals surface area contributed by atoms with Gasteiger partial charge in [0.1, 0.15) is 6.61 Å². The summed E-state index contributed by atoms with van der Waals surface area (Å²) in [6.07, 6.45) is 7.65. The Kier molecular flexibility index (Phi) is 9.01. The Balaban J connectivity index is 1.77. The summed E-state index contributed by atoms with van der Waals surface area (Å²) in [4.78, 5) is 24.5. The number of aliphatic hydroxyl groups is 1. The molecule has 1 heterocycles. The number of amides is 1. The molecule has 6 nitrogen and oxygen atoms in total. The molecule has 1 aliphatic rings. The van der Waals surface area contributed by atoms with Crippen LogP contribution in [0.2, 0.25) is 0 Å². The Labute approximate surface area is 160 Å². The number of carbonyl (C=O) groups is 2. The Morgan fingerprint density at radius 3 is 2.81 bits per heavy atom. The molecule has 6 heteroatoms. The van der Waals surface area contributed by atoms with Crippen molar-refractivity contribution in [3.05, 3.63) is 48.0 Å². The van der Waals surface area contributed by atoms with Crippen LogP contribution in [-0.4, -0.2) is 58.9 Å². The van der Waals surface area contributed by atoms with Gasteiger partial charge in [0.2, 0.25) is 5.91 Å². The van der Waals surface area contributed by atoms with Crippen LogP contribution >= 0.6 is 0 Å². The van der Waals surface area contributed by atoms with Crippen molar-refractivity contribution in [2.24, 2.45) is 0 Å². The number of hydrogen-bond acceptors (Lipinski definition) is 4. The van der Waals surface area contributed by atoms with E-state index >= 15 is 0 Å². The third kappa shape index (κ3) is 7.93. The number of rotatable bonds is 11. The molecule has 1 unspecified atom stereocenters. The first-order valence-electron chi connectivity index (χ1n) is 9.52. The van der Waals surface area contributed by atoms with Crippen molar-refractivity contribution in [1.82, 2.24) is 4.90 Å². The summed E-state index contributed by atoms with van der Waals surface area (Å²) in [6.45, 7) is 0.387. The molecule has 2 atom stereocenters. The number of piperidine rings is 1. The number of carboxylic acid groups (broad SMARTS) is 1. The number of likely N-dealkylation sites (tertiary alicyclic amines) is 1. The second-order valence-electron chi connectivity index (χ2n) is 6.89. The summed E-state index contributed by atoms with van der Waals surface area (Å²) < 4.78 is 4.95. The molecule has 0 bridgehead atoms. The summed E-state index contributed by atoms with van der Waals surface area (Å²) in [6, 6.07) is 10.1. The molecular weight excluding hydrogens is 346 g/mol. The number of ether oxygens (including phenoxy) is 1. The van der Waals surface area contributed by atoms with E-state index in [2.05, 4.69) is 0 Å². The van der Waals surface area contributed by atoms with Gasteiger partial charge in [0.25, 0.3) is 0 Å². The lowest BCUT2D eigenvalue weighted by atomic mass is 9.94. The van der Waals surface area contributed by atoms with Crippen molar-refractivity contribution in [3.8, 4) is 0 Å². The highest BCUT2D eigenvalue weighted by atomic mass is 16.5. The van der Waals surface area contributed by atoms with Gasteiger partial charge in [-0.05, 0) is 37.7 Å². The number of aliphatic carboxylic acids is 1. The van der Waals surface area contributed by atoms with Crippen LogP contribution in [0.4, 0.5) is 0 Å². The fourth-order valence-electron chi connectivity index (χ4n) is 3.39. The van der Waals surface area contributed by atoms with Gasteiger partial charge >= 0.3 is 5.97 Å². The molecule has 1 saturated heterocycles. The van der Waals surface area contributed by atoms with Crippen molar-refractivity contribution >= 4 is 11.9 Å². The van der Waals surface area contributed by atoms with E-state index in [1.165, 1.54) is 0 Å². The smallest absolute Gasteiger partial charge is 0.329 e. The van der Waals surface area contributed by atoms with E-state index in [1.807, 2.05) is 41.3 Å². The molecule has 148 valence electrons. The summed E-state index contributed by atoms with van der Waals surface area (Å²) in [5.74, 6) is -0.858. The minimum absolute atomic E-state index is 0.139. The molecule has 1 amide bonds. The quantitative estimate of drug-likeness (QED) is 0.458. The number of hydrogen-bond donors (Lipinski definition) is 2. The van der Waals surface area contributed by atoms with Crippen LogP contribution in [0.15, 0.2) is 42.5 Å². The van der Waals surface area contributed by atoms with E-state index in [1.54, 1.807) is 6.08 Å². The van der Waals surface area contributed by atoms with Crippen molar-refractivity contribution in [1.29, 1.82) is 0 Å². The normalized spacial score (nSPS) is 18.8. The molecular formula is C21H29NO5. The van der Waals surface area contributed by atoms with Crippen LogP contribution in [0.3, 0.4) is 0 Å². The highest BCUT2D eigenvalue weighted by molar-refractivity contribution is 5.77. The van der Waals surface area contributed by atoms with Gasteiger partial charge < -0.3 is 19.8 Å². The Morgan fingerprint density at radius 2 is 2.07 bits per heavy atom. The van der Waals surface area contributed by atoms with Gasteiger partial charge in [0.05, 0.1) is 12.7 Å². The predicted octanol–water partition coefficient (Wildman–Crippen LogP) is 2.41. The first-order chi connectivity index (χ1) is 13.1. The second kappa shape index (κ2) is 11.5. The van der Waals surface area contributed by atoms with Crippen LogP contribution in [0.25, 0.3) is 0 Å². The molecule has 1 aromatic carbocycles. The average Bonchev–Trinajstić information content (AvgIpc) is 2.65. The zero-order valence-electron chi connectivity index (χ0n) is 15.6. The van der Waals surface area contributed by atoms with Gasteiger partial charge in [-0.2, -0.15) is 0 Å². The number of benzene rings is 1. The van der Waals surface area contributed by atoms with Crippen LogP contribution in [0, 0.1) is 0 Å². The van der Waals surface area contributed by atoms with E-state index in [9.17, 15) is 14.7 Å². The van der Waals surface area contributed by atoms with Gasteiger partial charge in [-0.15, -0.1) is 0 Å². The maximum absolute atomic E-state index is 12.3. The van der Waals surface area contributed by atoms with E-state index < -0.39 is 12.1 Å². The zero-order chi connectivity index (χ0) is 19.5. The largest absolute Gasteiger partial charge is 0.480 e. The van der Waals surface area contributed by atoms with E-state index in [0.717, 1.165) is 24.8 Å². The summed E-state index contributed by atoms with van der Waals surface area (Å²) >= 11 is 0. The third-order valence-corrected chi connectivity index (χ3v) is 4.74. The third-order valence-electron chi connectivity index (χ3n) is 4.74. The fraction of sp³-hybridized carbons (Fsp3) is 0.524. The number of carbonyl (C=O) groups excluding carboxylic acids is 1. The molecule has 1 aromatic rings. The topological polar surface area (TPSA) is 87.1 Å². The number of carboxylic acids is 1. The fourth-order valence-corrected chi connectivity index (χ4v) is 3.39. The SMILES string of the molecule is O=C(O)COC/C=C\CN1C(=O)CCCC1CC[C@@H](O)Cc1ccccc1. The molecule has 0 radical (unpaired) electrons. The highest BCUT2D eigenvalue weighted by Crippen LogP contribution is 2.23. The second-order valence-corrected chi connectivity index (χ2v) is 6.89. The van der Waals surface area contributed by atoms with Gasteiger partial charge in [-0.3, -0.25) is 4.79 Å². The summed E-state index contributed by atoms with van der Waals surface area (Å²) in [5, 5.41) is 18.8. The lowest BCUT2D eigenvalue weighted by Crippen LogP contribution is -2.44. The lowest BCUT2D eigenvalue weighted by Gasteiger charge is -2.35. The monoisotopic (exact) mass is 375 g/mol. The Hall–Kier alpha value is -2.18. The lowest BCUT2D eigenvalue weighted by molar-refractivity contribution is -0.141. The predicted molar refractivity (Wildman–Crippen MR) is 102 cm³/mol. The summed E-state index contributed by atoms with van der Waals surface area (Å²) in [7, 11) is 0. The molecule has 27 heavy (non-hydrogen) atoms. The van der Waals surface area contributed by atoms with Crippen molar-refractivity contribution in [2.45, 2.75) is 50.7 Å². The molecule has 1 aliphatic heterocycles. The van der Waals surface area contributed by atoms with Crippen LogP contribution < -0.4 is 0 Å². The first-order valence-corrected chi connectivity index (χ1v) is 9.52. The molecule has 2 N–H and O–H groups in total. The number of nitrogens with zero attached hydrogens (tertiary/aromatic N) is 1. The molecule has 0 spiro atoms. The Morgan fingerprint density at radius 1 is 1.30 bits per heavy atom. The minimum atomic E-state index is -0.997. The first kappa shape index (κ1) is 21.1. The van der Waals surface area contributed by atoms with Crippen molar-refractivity contribution in [2.75, 3.05) is 19.8 Å². The molecule has 2 rings (SSSR count). The molecule has 1 fully saturated rings. The molecule has 0 aliphatic carbocycles. The maximum atomic E-state index is 12.3. The Bertz CT molecular complexity index is 616. The average molecular weight is 375 g/mol. The van der Waals surface area contributed by atoms with E-state index in [0.29, 0.717) is 25.8 Å². The molecule has 0 saturated carbocycles. The van der Waals surface area contributed by atoms with E-state index in [-0.39, 0.29) is 25.2 Å².